The first-order valence-corrected chi connectivity index (χ1v) is 10.4. The van der Waals surface area contributed by atoms with E-state index in [-0.39, 0.29) is 16.0 Å². The SMILES string of the molecule is Cc1cc(S(=O)(=O)N2CCC(N3CC[C@H](O)C3)CC2)c(Cl)cc1Cl. The Bertz CT molecular complexity index is 718. The van der Waals surface area contributed by atoms with Gasteiger partial charge < -0.3 is 5.11 Å². The number of piperidine rings is 1. The molecule has 134 valence electrons. The number of nitrogens with zero attached hydrogens (tertiary/aromatic N) is 2. The van der Waals surface area contributed by atoms with Crippen molar-refractivity contribution in [2.24, 2.45) is 0 Å². The largest absolute Gasteiger partial charge is 0.392 e. The van der Waals surface area contributed by atoms with Crippen LogP contribution in [0.5, 0.6) is 0 Å². The summed E-state index contributed by atoms with van der Waals surface area (Å²) in [5.41, 5.74) is 0.695. The fourth-order valence-corrected chi connectivity index (χ4v) is 5.79. The Labute approximate surface area is 153 Å². The lowest BCUT2D eigenvalue weighted by Gasteiger charge is -2.36. The number of sulfonamides is 1. The number of aliphatic hydroxyl groups is 1. The molecule has 0 amide bonds. The fourth-order valence-electron chi connectivity index (χ4n) is 3.51. The number of hydrogen-bond acceptors (Lipinski definition) is 4. The lowest BCUT2D eigenvalue weighted by atomic mass is 10.1. The monoisotopic (exact) mass is 392 g/mol. The number of aliphatic hydroxyl groups excluding tert-OH is 1. The van der Waals surface area contributed by atoms with Crippen LogP contribution in [0.2, 0.25) is 10.0 Å². The minimum absolute atomic E-state index is 0.126. The van der Waals surface area contributed by atoms with Gasteiger partial charge in [0.15, 0.2) is 0 Å². The highest BCUT2D eigenvalue weighted by Crippen LogP contribution is 2.32. The van der Waals surface area contributed by atoms with Crippen LogP contribution in [0.25, 0.3) is 0 Å². The van der Waals surface area contributed by atoms with Crippen LogP contribution in [0.3, 0.4) is 0 Å². The highest BCUT2D eigenvalue weighted by atomic mass is 35.5. The molecule has 0 unspecified atom stereocenters. The van der Waals surface area contributed by atoms with E-state index in [1.54, 1.807) is 13.0 Å². The predicted octanol–water partition coefficient (Wildman–Crippen LogP) is 2.52. The van der Waals surface area contributed by atoms with Crippen molar-refractivity contribution in [2.45, 2.75) is 43.2 Å². The molecule has 0 bridgehead atoms. The summed E-state index contributed by atoms with van der Waals surface area (Å²) in [6.45, 7) is 4.29. The summed E-state index contributed by atoms with van der Waals surface area (Å²) in [4.78, 5) is 2.40. The van der Waals surface area contributed by atoms with Crippen molar-refractivity contribution in [1.29, 1.82) is 0 Å². The molecule has 3 rings (SSSR count). The molecule has 0 spiro atoms. The molecule has 2 aliphatic heterocycles. The molecule has 0 aromatic heterocycles. The fraction of sp³-hybridized carbons (Fsp3) is 0.625. The van der Waals surface area contributed by atoms with E-state index < -0.39 is 10.0 Å². The molecule has 0 aliphatic carbocycles. The van der Waals surface area contributed by atoms with Crippen LogP contribution >= 0.6 is 23.2 Å². The number of benzene rings is 1. The molecule has 8 heteroatoms. The van der Waals surface area contributed by atoms with Gasteiger partial charge in [-0.3, -0.25) is 4.90 Å². The normalized spacial score (nSPS) is 24.6. The van der Waals surface area contributed by atoms with Gasteiger partial charge in [-0.2, -0.15) is 4.31 Å². The second-order valence-corrected chi connectivity index (χ2v) is 9.33. The molecule has 0 saturated carbocycles. The van der Waals surface area contributed by atoms with Gasteiger partial charge in [0, 0.05) is 37.2 Å². The maximum atomic E-state index is 12.9. The number of halogens is 2. The Kier molecular flexibility index (Phi) is 5.45. The summed E-state index contributed by atoms with van der Waals surface area (Å²) in [6, 6.07) is 3.38. The first-order chi connectivity index (χ1) is 11.3. The van der Waals surface area contributed by atoms with Crippen LogP contribution < -0.4 is 0 Å². The van der Waals surface area contributed by atoms with Crippen molar-refractivity contribution in [2.75, 3.05) is 26.2 Å². The highest BCUT2D eigenvalue weighted by molar-refractivity contribution is 7.89. The Morgan fingerprint density at radius 1 is 1.08 bits per heavy atom. The van der Waals surface area contributed by atoms with Crippen LogP contribution in [0.1, 0.15) is 24.8 Å². The summed E-state index contributed by atoms with van der Waals surface area (Å²) in [5.74, 6) is 0. The third kappa shape index (κ3) is 3.59. The summed E-state index contributed by atoms with van der Waals surface area (Å²) in [6.07, 6.45) is 2.10. The molecule has 2 saturated heterocycles. The third-order valence-corrected chi connectivity index (χ3v) is 7.74. The molecular weight excluding hydrogens is 371 g/mol. The van der Waals surface area contributed by atoms with E-state index in [0.29, 0.717) is 36.3 Å². The van der Waals surface area contributed by atoms with Crippen molar-refractivity contribution < 1.29 is 13.5 Å². The average molecular weight is 393 g/mol. The van der Waals surface area contributed by atoms with Crippen molar-refractivity contribution >= 4 is 33.2 Å². The maximum Gasteiger partial charge on any atom is 0.244 e. The van der Waals surface area contributed by atoms with Crippen molar-refractivity contribution in [3.8, 4) is 0 Å². The van der Waals surface area contributed by atoms with E-state index in [0.717, 1.165) is 25.8 Å². The minimum Gasteiger partial charge on any atom is -0.392 e. The van der Waals surface area contributed by atoms with Gasteiger partial charge in [-0.25, -0.2) is 8.42 Å². The molecule has 2 fully saturated rings. The Morgan fingerprint density at radius 3 is 2.33 bits per heavy atom. The lowest BCUT2D eigenvalue weighted by molar-refractivity contribution is 0.132. The van der Waals surface area contributed by atoms with Crippen LogP contribution in [0, 0.1) is 6.92 Å². The van der Waals surface area contributed by atoms with Gasteiger partial charge >= 0.3 is 0 Å². The van der Waals surface area contributed by atoms with Crippen LogP contribution in [0.4, 0.5) is 0 Å². The second-order valence-electron chi connectivity index (χ2n) is 6.60. The minimum atomic E-state index is -3.61. The predicted molar refractivity (Wildman–Crippen MR) is 95.2 cm³/mol. The molecule has 1 aromatic rings. The van der Waals surface area contributed by atoms with Crippen molar-refractivity contribution in [3.63, 3.8) is 0 Å². The molecule has 5 nitrogen and oxygen atoms in total. The zero-order valence-corrected chi connectivity index (χ0v) is 15.9. The first-order valence-electron chi connectivity index (χ1n) is 8.17. The van der Waals surface area contributed by atoms with Gasteiger partial charge in [-0.15, -0.1) is 0 Å². The number of rotatable bonds is 3. The number of aryl methyl sites for hydroxylation is 1. The van der Waals surface area contributed by atoms with E-state index in [2.05, 4.69) is 4.90 Å². The van der Waals surface area contributed by atoms with Gasteiger partial charge in [0.1, 0.15) is 4.90 Å². The molecule has 24 heavy (non-hydrogen) atoms. The van der Waals surface area contributed by atoms with Gasteiger partial charge in [-0.05, 0) is 43.9 Å². The van der Waals surface area contributed by atoms with E-state index in [1.165, 1.54) is 10.4 Å². The topological polar surface area (TPSA) is 60.9 Å². The summed E-state index contributed by atoms with van der Waals surface area (Å²) < 4.78 is 27.3. The van der Waals surface area contributed by atoms with E-state index in [1.807, 2.05) is 0 Å². The third-order valence-electron chi connectivity index (χ3n) is 4.97. The summed E-state index contributed by atoms with van der Waals surface area (Å²) in [7, 11) is -3.61. The molecule has 1 atom stereocenters. The van der Waals surface area contributed by atoms with E-state index in [9.17, 15) is 13.5 Å². The van der Waals surface area contributed by atoms with Gasteiger partial charge in [0.25, 0.3) is 0 Å². The number of likely N-dealkylation sites (tertiary alicyclic amines) is 1. The van der Waals surface area contributed by atoms with Crippen LogP contribution in [-0.2, 0) is 10.0 Å². The van der Waals surface area contributed by atoms with E-state index >= 15 is 0 Å². The number of hydrogen-bond donors (Lipinski definition) is 1. The zero-order chi connectivity index (χ0) is 17.5. The lowest BCUT2D eigenvalue weighted by Crippen LogP contribution is -2.46. The van der Waals surface area contributed by atoms with Gasteiger partial charge in [0.2, 0.25) is 10.0 Å². The molecule has 2 aliphatic rings. The van der Waals surface area contributed by atoms with Crippen molar-refractivity contribution in [3.05, 3.63) is 27.7 Å². The zero-order valence-electron chi connectivity index (χ0n) is 13.6. The summed E-state index contributed by atoms with van der Waals surface area (Å²) in [5, 5.41) is 10.3. The Hall–Kier alpha value is -0.370. The van der Waals surface area contributed by atoms with Crippen LogP contribution in [-0.4, -0.2) is 61.1 Å². The number of β-amino-alcohol motifs (C(OH)–C–C–N with tert-alkyl or cyclic N) is 1. The Balaban J connectivity index is 1.72. The molecule has 2 heterocycles. The second kappa shape index (κ2) is 7.09. The molecule has 1 aromatic carbocycles. The van der Waals surface area contributed by atoms with Gasteiger partial charge in [0.05, 0.1) is 11.1 Å². The first kappa shape index (κ1) is 18.4. The van der Waals surface area contributed by atoms with Crippen LogP contribution in [0.15, 0.2) is 17.0 Å². The summed E-state index contributed by atoms with van der Waals surface area (Å²) >= 11 is 12.1. The maximum absolute atomic E-state index is 12.9. The Morgan fingerprint density at radius 2 is 1.75 bits per heavy atom. The average Bonchev–Trinajstić information content (AvgIpc) is 2.97. The quantitative estimate of drug-likeness (QED) is 0.858. The van der Waals surface area contributed by atoms with Crippen molar-refractivity contribution in [1.82, 2.24) is 9.21 Å². The standard InChI is InChI=1S/C16H22Cl2N2O3S/c1-11-8-16(15(18)9-14(11)17)24(22,23)20-6-2-12(3-7-20)19-5-4-13(21)10-19/h8-9,12-13,21H,2-7,10H2,1H3/t13-/m0/s1. The molecule has 0 radical (unpaired) electrons. The highest BCUT2D eigenvalue weighted by Gasteiger charge is 2.35. The molecule has 1 N–H and O–H groups in total. The van der Waals surface area contributed by atoms with Gasteiger partial charge in [-0.1, -0.05) is 23.2 Å². The smallest absolute Gasteiger partial charge is 0.244 e. The molecular formula is C16H22Cl2N2O3S. The van der Waals surface area contributed by atoms with E-state index in [4.69, 9.17) is 23.2 Å².